The number of esters is 1. The summed E-state index contributed by atoms with van der Waals surface area (Å²) in [6, 6.07) is 14.3. The van der Waals surface area contributed by atoms with Crippen molar-refractivity contribution < 1.29 is 78.4 Å². The Morgan fingerprint density at radius 2 is 1.65 bits per heavy atom. The van der Waals surface area contributed by atoms with Crippen molar-refractivity contribution >= 4 is 34.4 Å². The van der Waals surface area contributed by atoms with E-state index in [9.17, 15) is 55.1 Å². The van der Waals surface area contributed by atoms with Crippen LogP contribution in [-0.2, 0) is 57.6 Å². The second kappa shape index (κ2) is 23.6. The molecule has 4 aliphatic rings. The zero-order valence-electron chi connectivity index (χ0n) is 40.0. The van der Waals surface area contributed by atoms with Crippen molar-refractivity contribution in [2.45, 2.75) is 165 Å². The number of aromatic nitrogens is 4. The molecule has 1 amide bonds. The van der Waals surface area contributed by atoms with Crippen molar-refractivity contribution in [3.63, 3.8) is 0 Å². The molecule has 2 aromatic carbocycles. The maximum absolute atomic E-state index is 14.1. The molecule has 72 heavy (non-hydrogen) atoms. The van der Waals surface area contributed by atoms with E-state index in [4.69, 9.17) is 28.4 Å². The molecule has 15 atom stereocenters. The number of aliphatic carboxylic acids is 1. The Morgan fingerprint density at radius 3 is 2.38 bits per heavy atom. The van der Waals surface area contributed by atoms with Crippen LogP contribution in [0.5, 0.6) is 0 Å². The average Bonchev–Trinajstić information content (AvgIpc) is 4.02. The number of fused-ring (bicyclic) bond motifs is 1. The van der Waals surface area contributed by atoms with Crippen LogP contribution in [-0.4, -0.2) is 159 Å². The Bertz CT molecular complexity index is 2470. The topological polar surface area (TPSA) is 319 Å². The first-order valence-electron chi connectivity index (χ1n) is 24.6. The third-order valence-electron chi connectivity index (χ3n) is 14.4. The molecule has 392 valence electrons. The molecular weight excluding hydrogens is 945 g/mol. The normalized spacial score (nSPS) is 31.7. The fourth-order valence-electron chi connectivity index (χ4n) is 10.4. The van der Waals surface area contributed by atoms with Crippen LogP contribution < -0.4 is 5.32 Å². The van der Waals surface area contributed by atoms with Crippen molar-refractivity contribution in [3.05, 3.63) is 88.4 Å². The molecule has 2 saturated carbocycles. The first kappa shape index (κ1) is 52.8. The number of hydrogen-bond donors (Lipinski definition) is 7. The van der Waals surface area contributed by atoms with E-state index in [1.165, 1.54) is 31.2 Å². The molecular formula is C49H64N6O17. The average molecular weight is 1010 g/mol. The van der Waals surface area contributed by atoms with Crippen LogP contribution in [0.15, 0.2) is 67.0 Å². The minimum atomic E-state index is -1.72. The van der Waals surface area contributed by atoms with Crippen LogP contribution in [0.1, 0.15) is 81.3 Å². The predicted molar refractivity (Wildman–Crippen MR) is 249 cm³/mol. The Morgan fingerprint density at radius 1 is 0.889 bits per heavy atom. The molecule has 2 aromatic heterocycles. The van der Waals surface area contributed by atoms with Gasteiger partial charge in [-0.05, 0) is 62.3 Å². The van der Waals surface area contributed by atoms with Gasteiger partial charge >= 0.3 is 11.9 Å². The first-order valence-corrected chi connectivity index (χ1v) is 24.6. The van der Waals surface area contributed by atoms with Gasteiger partial charge in [-0.3, -0.25) is 19.6 Å². The largest absolute Gasteiger partial charge is 0.479 e. The number of aryl methyl sites for hydroxylation is 2. The highest BCUT2D eigenvalue weighted by Gasteiger charge is 2.54. The number of amides is 1. The van der Waals surface area contributed by atoms with Crippen LogP contribution in [0.25, 0.3) is 10.9 Å². The lowest BCUT2D eigenvalue weighted by molar-refractivity contribution is -0.384. The summed E-state index contributed by atoms with van der Waals surface area (Å²) in [7, 11) is 0. The number of carboxylic acids is 1. The lowest BCUT2D eigenvalue weighted by Gasteiger charge is -2.48. The van der Waals surface area contributed by atoms with Crippen LogP contribution in [0.3, 0.4) is 0 Å². The second-order valence-corrected chi connectivity index (χ2v) is 19.4. The van der Waals surface area contributed by atoms with Crippen molar-refractivity contribution in [1.82, 2.24) is 24.9 Å². The molecule has 2 saturated heterocycles. The number of carbonyl (C=O) groups is 3. The highest BCUT2D eigenvalue weighted by atomic mass is 16.7. The smallest absolute Gasteiger partial charge is 0.338 e. The van der Waals surface area contributed by atoms with E-state index >= 15 is 0 Å². The molecule has 4 heterocycles. The van der Waals surface area contributed by atoms with Gasteiger partial charge in [0.15, 0.2) is 24.8 Å². The molecule has 6 unspecified atom stereocenters. The second-order valence-electron chi connectivity index (χ2n) is 19.4. The molecule has 23 heteroatoms. The lowest BCUT2D eigenvalue weighted by atomic mass is 9.77. The summed E-state index contributed by atoms with van der Waals surface area (Å²) in [5, 5.41) is 88.2. The number of ether oxygens (including phenoxy) is 6. The number of nitro benzene ring substituents is 1. The fraction of sp³-hybridized carbons (Fsp3) is 0.612. The van der Waals surface area contributed by atoms with E-state index in [0.717, 1.165) is 43.0 Å². The van der Waals surface area contributed by atoms with Gasteiger partial charge in [0.05, 0.1) is 54.7 Å². The standard InChI is InChI=1S/C49H64N6O17/c1-26-19-31(45(61)50-23-32-24-54(52-51-32)18-17-53-16-15-30-21-33(55(65)66)13-14-34(30)53)22-35(42(26)72-48-41(60)40(59)38(57)27(2)67-48)69-49-44(71-47(64)29-11-7-4-8-12-29)43(39(58)37(25-56)70-49)68-36(46(62)63)20-28-9-5-3-6-10-28/h4,7-8,11-16,21,24,26-28,31,35-44,48-49,56-60H,3,5-6,9-10,17-20,22-23,25H2,1-2H3,(H,50,61)(H,62,63)/t26-,27?,31?,35-,36+,37+,38-,39+,40?,41+,42?,43?,44?,48+,49-/m1/s1. The molecule has 0 bridgehead atoms. The number of carbonyl (C=O) groups excluding carboxylic acids is 2. The number of non-ortho nitro benzene ring substituents is 1. The molecule has 7 N–H and O–H groups in total. The third-order valence-corrected chi connectivity index (χ3v) is 14.4. The summed E-state index contributed by atoms with van der Waals surface area (Å²) in [6.45, 7) is 3.36. The Labute approximate surface area is 414 Å². The van der Waals surface area contributed by atoms with E-state index < -0.39 is 121 Å². The Kier molecular flexibility index (Phi) is 17.3. The van der Waals surface area contributed by atoms with Crippen molar-refractivity contribution in [3.8, 4) is 0 Å². The molecule has 2 aliphatic heterocycles. The quantitative estimate of drug-likeness (QED) is 0.0402. The van der Waals surface area contributed by atoms with Crippen LogP contribution in [0.2, 0.25) is 0 Å². The molecule has 0 radical (unpaired) electrons. The van der Waals surface area contributed by atoms with Gasteiger partial charge < -0.3 is 68.9 Å². The molecule has 8 rings (SSSR count). The number of aliphatic hydroxyl groups is 5. The minimum absolute atomic E-state index is 0.00453. The lowest BCUT2D eigenvalue weighted by Crippen LogP contribution is -2.64. The Hall–Kier alpha value is -5.47. The highest BCUT2D eigenvalue weighted by Crippen LogP contribution is 2.39. The number of nitro groups is 1. The molecule has 2 aliphatic carbocycles. The molecule has 4 fully saturated rings. The fourth-order valence-corrected chi connectivity index (χ4v) is 10.4. The van der Waals surface area contributed by atoms with Crippen LogP contribution in [0, 0.1) is 27.9 Å². The SMILES string of the molecule is CC1O[C@@H](OC2[C@H](C)CC(C(=O)NCc3cn(CCn4ccc5cc([N+](=O)[O-])ccc54)nn3)C[C@H]2O[C@@H]2O[C@@H](CO)[C@H](O)C(O[C@@H](CC3CCCCC3)C(=O)O)C2OC(=O)c2ccccc2)[C@@H](O)C(O)[C@@H]1O. The van der Waals surface area contributed by atoms with E-state index in [2.05, 4.69) is 15.6 Å². The Balaban J connectivity index is 1.02. The minimum Gasteiger partial charge on any atom is -0.479 e. The molecule has 23 nitrogen and oxygen atoms in total. The number of nitrogens with one attached hydrogen (secondary N) is 1. The number of rotatable bonds is 19. The van der Waals surface area contributed by atoms with Gasteiger partial charge in [-0.1, -0.05) is 62.4 Å². The number of hydrogen-bond acceptors (Lipinski definition) is 18. The summed E-state index contributed by atoms with van der Waals surface area (Å²) in [5.41, 5.74) is 1.37. The molecule has 4 aromatic rings. The summed E-state index contributed by atoms with van der Waals surface area (Å²) < 4.78 is 40.9. The summed E-state index contributed by atoms with van der Waals surface area (Å²) >= 11 is 0. The van der Waals surface area contributed by atoms with Crippen molar-refractivity contribution in [1.29, 1.82) is 0 Å². The van der Waals surface area contributed by atoms with Crippen molar-refractivity contribution in [2.75, 3.05) is 6.61 Å². The summed E-state index contributed by atoms with van der Waals surface area (Å²) in [5.74, 6) is -3.89. The van der Waals surface area contributed by atoms with Crippen LogP contribution >= 0.6 is 0 Å². The van der Waals surface area contributed by atoms with Gasteiger partial charge in [-0.2, -0.15) is 0 Å². The maximum atomic E-state index is 14.1. The first-order chi connectivity index (χ1) is 34.6. The van der Waals surface area contributed by atoms with Gasteiger partial charge in [0.25, 0.3) is 5.69 Å². The predicted octanol–water partition coefficient (Wildman–Crippen LogP) is 2.21. The van der Waals surface area contributed by atoms with Crippen molar-refractivity contribution in [2.24, 2.45) is 17.8 Å². The van der Waals surface area contributed by atoms with Gasteiger partial charge in [0, 0.05) is 41.7 Å². The number of nitrogens with zero attached hydrogens (tertiary/aromatic N) is 5. The highest BCUT2D eigenvalue weighted by molar-refractivity contribution is 5.89. The monoisotopic (exact) mass is 1010 g/mol. The number of carboxylic acid groups (broad SMARTS) is 1. The zero-order chi connectivity index (χ0) is 51.2. The van der Waals surface area contributed by atoms with Gasteiger partial charge in [-0.25, -0.2) is 9.59 Å². The van der Waals surface area contributed by atoms with Gasteiger partial charge in [0.2, 0.25) is 5.91 Å². The van der Waals surface area contributed by atoms with Crippen LogP contribution in [0.4, 0.5) is 5.69 Å². The molecule has 0 spiro atoms. The number of aliphatic hydroxyl groups excluding tert-OH is 5. The zero-order valence-corrected chi connectivity index (χ0v) is 40.0. The van der Waals surface area contributed by atoms with E-state index in [1.54, 1.807) is 48.1 Å². The van der Waals surface area contributed by atoms with Gasteiger partial charge in [-0.15, -0.1) is 5.10 Å². The van der Waals surface area contributed by atoms with Gasteiger partial charge in [0.1, 0.15) is 42.3 Å². The third kappa shape index (κ3) is 12.3. The van der Waals surface area contributed by atoms with E-state index in [1.807, 2.05) is 10.8 Å². The van der Waals surface area contributed by atoms with E-state index in [-0.39, 0.29) is 43.0 Å². The maximum Gasteiger partial charge on any atom is 0.338 e. The van der Waals surface area contributed by atoms with E-state index in [0.29, 0.717) is 18.8 Å². The summed E-state index contributed by atoms with van der Waals surface area (Å²) in [6.07, 6.45) is -10.8. The summed E-state index contributed by atoms with van der Waals surface area (Å²) in [4.78, 5) is 51.6. The number of benzene rings is 2.